The predicted molar refractivity (Wildman–Crippen MR) is 184 cm³/mol. The third kappa shape index (κ3) is 6.44. The van der Waals surface area contributed by atoms with Gasteiger partial charge in [-0.25, -0.2) is 14.8 Å². The van der Waals surface area contributed by atoms with Crippen molar-refractivity contribution in [3.8, 4) is 0 Å². The summed E-state index contributed by atoms with van der Waals surface area (Å²) in [6.07, 6.45) is 0.228. The first-order chi connectivity index (χ1) is 23.4. The van der Waals surface area contributed by atoms with Gasteiger partial charge < -0.3 is 9.87 Å². The molecule has 2 aliphatic rings. The first kappa shape index (κ1) is 32.2. The van der Waals surface area contributed by atoms with Gasteiger partial charge in [0, 0.05) is 6.42 Å². The van der Waals surface area contributed by atoms with Gasteiger partial charge in [0.05, 0.1) is 11.4 Å². The summed E-state index contributed by atoms with van der Waals surface area (Å²) in [6.45, 7) is 0. The summed E-state index contributed by atoms with van der Waals surface area (Å²) < 4.78 is 12.6. The summed E-state index contributed by atoms with van der Waals surface area (Å²) >= 11 is -1.26. The molecule has 0 bridgehead atoms. The number of hydrazine groups is 1. The van der Waals surface area contributed by atoms with Crippen LogP contribution in [0.1, 0.15) is 17.5 Å². The molecule has 10 heteroatoms. The van der Waals surface area contributed by atoms with Crippen LogP contribution in [0.2, 0.25) is 0 Å². The molecule has 2 fully saturated rings. The van der Waals surface area contributed by atoms with E-state index in [1.54, 1.807) is 36.4 Å². The number of anilines is 2. The van der Waals surface area contributed by atoms with E-state index < -0.39 is 28.7 Å². The number of nitrogens with one attached hydrogen (secondary N) is 2. The van der Waals surface area contributed by atoms with Gasteiger partial charge in [-0.1, -0.05) is 115 Å². The number of carbonyl (C=O) groups excluding carboxylic acids is 4. The number of para-hydroxylation sites is 2. The molecule has 0 radical (unpaired) electrons. The number of urea groups is 1. The molecule has 2 N–H and O–H groups in total. The van der Waals surface area contributed by atoms with Crippen molar-refractivity contribution in [1.82, 2.24) is 10.6 Å². The van der Waals surface area contributed by atoms with Crippen LogP contribution in [-0.2, 0) is 31.1 Å². The van der Waals surface area contributed by atoms with Crippen LogP contribution in [0.3, 0.4) is 0 Å². The fraction of sp³-hybridized carbons (Fsp3) is 0.105. The zero-order valence-corrected chi connectivity index (χ0v) is 26.6. The highest BCUT2D eigenvalue weighted by Crippen LogP contribution is 2.34. The predicted octanol–water partition coefficient (Wildman–Crippen LogP) is 5.57. The van der Waals surface area contributed by atoms with Crippen LogP contribution >= 0.6 is 0 Å². The third-order valence-corrected chi connectivity index (χ3v) is 9.50. The average Bonchev–Trinajstić information content (AvgIpc) is 3.59. The van der Waals surface area contributed by atoms with Gasteiger partial charge in [0.25, 0.3) is 17.7 Å². The van der Waals surface area contributed by atoms with Gasteiger partial charge in [-0.05, 0) is 58.7 Å². The number of benzene rings is 5. The van der Waals surface area contributed by atoms with Crippen molar-refractivity contribution in [2.45, 2.75) is 16.9 Å². The lowest BCUT2D eigenvalue weighted by molar-refractivity contribution is -0.127. The standard InChI is InChI=1S/C23H20N2O3S.C15H12N2O2/c26-22-21(16-17-29(28)20-14-8-3-9-15-20)23(27)25(19-12-6-2-7-13-19)24(22)18-10-4-1-5-11-18;18-13-15(17-14(19)16-13,11-7-3-1-4-8-11)12-9-5-2-6-10-12/h1-15,21H,16-17H2;1-10H,(H2,16,17,18,19). The number of imide groups is 1. The van der Waals surface area contributed by atoms with Gasteiger partial charge in [-0.3, -0.25) is 19.7 Å². The molecule has 0 aromatic heterocycles. The Labute approximate surface area is 281 Å². The molecule has 5 aromatic carbocycles. The van der Waals surface area contributed by atoms with Gasteiger partial charge in [-0.15, -0.1) is 0 Å². The number of rotatable bonds is 8. The first-order valence-corrected chi connectivity index (χ1v) is 16.7. The first-order valence-electron chi connectivity index (χ1n) is 15.4. The second-order valence-electron chi connectivity index (χ2n) is 11.1. The molecule has 2 aliphatic heterocycles. The number of carbonyl (C=O) groups is 4. The zero-order chi connectivity index (χ0) is 33.5. The quantitative estimate of drug-likeness (QED) is 0.129. The lowest BCUT2D eigenvalue weighted by Gasteiger charge is -2.27. The Morgan fingerprint density at radius 3 is 1.38 bits per heavy atom. The highest BCUT2D eigenvalue weighted by atomic mass is 32.2. The van der Waals surface area contributed by atoms with E-state index >= 15 is 0 Å². The van der Waals surface area contributed by atoms with Crippen molar-refractivity contribution in [3.05, 3.63) is 163 Å². The van der Waals surface area contributed by atoms with Crippen molar-refractivity contribution in [1.29, 1.82) is 0 Å². The molecule has 0 spiro atoms. The molecule has 0 aliphatic carbocycles. The number of hydrogen-bond donors (Lipinski definition) is 2. The lowest BCUT2D eigenvalue weighted by atomic mass is 9.83. The molecule has 1 atom stereocenters. The minimum absolute atomic E-state index is 0.228. The maximum atomic E-state index is 13.2. The molecule has 2 saturated heterocycles. The van der Waals surface area contributed by atoms with Crippen LogP contribution in [0, 0.1) is 5.92 Å². The van der Waals surface area contributed by atoms with E-state index in [1.165, 1.54) is 10.0 Å². The Morgan fingerprint density at radius 2 is 0.979 bits per heavy atom. The molecular weight excluding hydrogens is 625 g/mol. The van der Waals surface area contributed by atoms with E-state index in [-0.39, 0.29) is 29.9 Å². The Morgan fingerprint density at radius 1 is 0.583 bits per heavy atom. The largest absolute Gasteiger partial charge is 0.611 e. The summed E-state index contributed by atoms with van der Waals surface area (Å²) in [4.78, 5) is 51.0. The molecule has 1 unspecified atom stereocenters. The average molecular weight is 657 g/mol. The number of amides is 5. The molecule has 240 valence electrons. The van der Waals surface area contributed by atoms with Gasteiger partial charge in [0.2, 0.25) is 0 Å². The maximum absolute atomic E-state index is 13.2. The second-order valence-corrected chi connectivity index (χ2v) is 12.6. The van der Waals surface area contributed by atoms with Gasteiger partial charge in [0.15, 0.2) is 10.4 Å². The SMILES string of the molecule is O=C1C(CC[S+]([O-])c2ccccc2)C(=O)N(c2ccccc2)N1c1ccccc1.O=C1NC(=O)C(c2ccccc2)(c2ccccc2)N1. The summed E-state index contributed by atoms with van der Waals surface area (Å²) in [5.74, 6) is -1.56. The molecule has 7 rings (SSSR count). The molecule has 5 aromatic rings. The van der Waals surface area contributed by atoms with Gasteiger partial charge >= 0.3 is 6.03 Å². The summed E-state index contributed by atoms with van der Waals surface area (Å²) in [6, 6.07) is 45.3. The molecule has 48 heavy (non-hydrogen) atoms. The van der Waals surface area contributed by atoms with Crippen molar-refractivity contribution < 1.29 is 23.7 Å². The maximum Gasteiger partial charge on any atom is 0.322 e. The van der Waals surface area contributed by atoms with Crippen LogP contribution < -0.4 is 20.7 Å². The summed E-state index contributed by atoms with van der Waals surface area (Å²) in [7, 11) is 0. The van der Waals surface area contributed by atoms with Crippen molar-refractivity contribution in [3.63, 3.8) is 0 Å². The van der Waals surface area contributed by atoms with Gasteiger partial charge in [0.1, 0.15) is 11.7 Å². The van der Waals surface area contributed by atoms with E-state index in [0.29, 0.717) is 16.3 Å². The summed E-state index contributed by atoms with van der Waals surface area (Å²) in [5, 5.41) is 7.91. The fourth-order valence-corrected chi connectivity index (χ4v) is 6.93. The Kier molecular flexibility index (Phi) is 9.65. The second kappa shape index (κ2) is 14.4. The van der Waals surface area contributed by atoms with Crippen LogP contribution in [0.15, 0.2) is 157 Å². The third-order valence-electron chi connectivity index (χ3n) is 8.10. The molecule has 9 nitrogen and oxygen atoms in total. The lowest BCUT2D eigenvalue weighted by Crippen LogP contribution is -2.44. The van der Waals surface area contributed by atoms with E-state index in [9.17, 15) is 23.7 Å². The van der Waals surface area contributed by atoms with Crippen molar-refractivity contribution in [2.75, 3.05) is 15.8 Å². The zero-order valence-electron chi connectivity index (χ0n) is 25.8. The van der Waals surface area contributed by atoms with Crippen molar-refractivity contribution in [2.24, 2.45) is 5.92 Å². The van der Waals surface area contributed by atoms with E-state index in [4.69, 9.17) is 0 Å². The topological polar surface area (TPSA) is 122 Å². The Balaban J connectivity index is 0.000000182. The normalized spacial score (nSPS) is 16.2. The molecular formula is C38H32N4O5S. The minimum atomic E-state index is -1.26. The van der Waals surface area contributed by atoms with E-state index in [0.717, 1.165) is 11.1 Å². The number of nitrogens with zero attached hydrogens (tertiary/aromatic N) is 2. The van der Waals surface area contributed by atoms with Crippen LogP contribution in [0.4, 0.5) is 16.2 Å². The molecule has 2 heterocycles. The molecule has 0 saturated carbocycles. The van der Waals surface area contributed by atoms with Gasteiger partial charge in [-0.2, -0.15) is 0 Å². The number of hydrogen-bond acceptors (Lipinski definition) is 5. The highest BCUT2D eigenvalue weighted by Gasteiger charge is 2.49. The van der Waals surface area contributed by atoms with Crippen LogP contribution in [0.25, 0.3) is 0 Å². The minimum Gasteiger partial charge on any atom is -0.611 e. The monoisotopic (exact) mass is 656 g/mol. The molecule has 5 amide bonds. The fourth-order valence-electron chi connectivity index (χ4n) is 5.79. The highest BCUT2D eigenvalue weighted by molar-refractivity contribution is 7.91. The van der Waals surface area contributed by atoms with E-state index in [1.807, 2.05) is 115 Å². The Bertz CT molecular complexity index is 1780. The van der Waals surface area contributed by atoms with E-state index in [2.05, 4.69) is 10.6 Å². The van der Waals surface area contributed by atoms with Crippen LogP contribution in [0.5, 0.6) is 0 Å². The van der Waals surface area contributed by atoms with Crippen LogP contribution in [-0.4, -0.2) is 34.1 Å². The Hall–Kier alpha value is -5.71. The summed E-state index contributed by atoms with van der Waals surface area (Å²) in [5.41, 5.74) is 1.59. The smallest absolute Gasteiger partial charge is 0.322 e. The van der Waals surface area contributed by atoms with Crippen molar-refractivity contribution >= 4 is 46.3 Å².